The van der Waals surface area contributed by atoms with Gasteiger partial charge in [-0.15, -0.1) is 0 Å². The van der Waals surface area contributed by atoms with E-state index < -0.39 is 0 Å². The third-order valence-electron chi connectivity index (χ3n) is 5.44. The molecule has 1 amide bonds. The Hall–Kier alpha value is -2.34. The van der Waals surface area contributed by atoms with Gasteiger partial charge in [-0.3, -0.25) is 9.78 Å². The second kappa shape index (κ2) is 8.78. The Labute approximate surface area is 170 Å². The minimum atomic E-state index is 0.197. The molecule has 4 rings (SSSR count). The minimum absolute atomic E-state index is 0.197. The number of hydrogen-bond donors (Lipinski definition) is 1. The normalized spacial score (nSPS) is 19.8. The number of aromatic nitrogens is 2. The monoisotopic (exact) mass is 400 g/mol. The van der Waals surface area contributed by atoms with Gasteiger partial charge in [-0.25, -0.2) is 0 Å². The molecule has 1 N–H and O–H groups in total. The van der Waals surface area contributed by atoms with Crippen molar-refractivity contribution in [3.63, 3.8) is 0 Å². The zero-order valence-corrected chi connectivity index (χ0v) is 16.6. The van der Waals surface area contributed by atoms with Crippen LogP contribution in [-0.4, -0.2) is 39.9 Å². The summed E-state index contributed by atoms with van der Waals surface area (Å²) in [6.45, 7) is 1.92. The molecule has 2 aromatic rings. The zero-order chi connectivity index (χ0) is 19.3. The summed E-state index contributed by atoms with van der Waals surface area (Å²) in [5, 5.41) is 4.08. The molecule has 1 aromatic heterocycles. The molecule has 2 heterocycles. The summed E-state index contributed by atoms with van der Waals surface area (Å²) in [4.78, 5) is 23.3. The second-order valence-corrected chi connectivity index (χ2v) is 7.99. The van der Waals surface area contributed by atoms with E-state index >= 15 is 0 Å². The summed E-state index contributed by atoms with van der Waals surface area (Å²) in [5.41, 5.74) is 0.976. The molecule has 0 bridgehead atoms. The molecule has 7 heteroatoms. The highest BCUT2D eigenvalue weighted by atomic mass is 35.5. The van der Waals surface area contributed by atoms with Crippen molar-refractivity contribution < 1.29 is 9.53 Å². The fourth-order valence-electron chi connectivity index (χ4n) is 3.99. The largest absolute Gasteiger partial charge is 0.472 e. The molecule has 1 aromatic carbocycles. The van der Waals surface area contributed by atoms with Crippen LogP contribution in [0.5, 0.6) is 5.88 Å². The molecule has 1 atom stereocenters. The van der Waals surface area contributed by atoms with Crippen LogP contribution < -0.4 is 10.1 Å². The van der Waals surface area contributed by atoms with Gasteiger partial charge in [0.05, 0.1) is 12.4 Å². The SMILES string of the molecule is O=C(C1CCCC1)N1CCC(Nc2cncc(OCc3cccc(Cl)c3)n2)C1. The van der Waals surface area contributed by atoms with Gasteiger partial charge in [0.15, 0.2) is 0 Å². The van der Waals surface area contributed by atoms with E-state index in [9.17, 15) is 4.79 Å². The lowest BCUT2D eigenvalue weighted by Crippen LogP contribution is -2.35. The maximum atomic E-state index is 12.6. The van der Waals surface area contributed by atoms with Gasteiger partial charge in [-0.2, -0.15) is 4.98 Å². The number of rotatable bonds is 6. The van der Waals surface area contributed by atoms with Crippen LogP contribution in [0.2, 0.25) is 5.02 Å². The maximum Gasteiger partial charge on any atom is 0.234 e. The van der Waals surface area contributed by atoms with Crippen LogP contribution in [0.1, 0.15) is 37.7 Å². The summed E-state index contributed by atoms with van der Waals surface area (Å²) < 4.78 is 5.74. The van der Waals surface area contributed by atoms with Crippen molar-refractivity contribution in [2.45, 2.75) is 44.8 Å². The summed E-state index contributed by atoms with van der Waals surface area (Å²) >= 11 is 6.00. The topological polar surface area (TPSA) is 67.4 Å². The van der Waals surface area contributed by atoms with Crippen molar-refractivity contribution in [1.29, 1.82) is 0 Å². The van der Waals surface area contributed by atoms with Crippen molar-refractivity contribution in [2.75, 3.05) is 18.4 Å². The fourth-order valence-corrected chi connectivity index (χ4v) is 4.20. The number of likely N-dealkylation sites (tertiary alicyclic amines) is 1. The minimum Gasteiger partial charge on any atom is -0.472 e. The molecule has 1 aliphatic heterocycles. The predicted octanol–water partition coefficient (Wildman–Crippen LogP) is 3.91. The van der Waals surface area contributed by atoms with Crippen LogP contribution in [-0.2, 0) is 11.4 Å². The summed E-state index contributed by atoms with van der Waals surface area (Å²) in [7, 11) is 0. The van der Waals surface area contributed by atoms with E-state index in [0.29, 0.717) is 29.2 Å². The van der Waals surface area contributed by atoms with Crippen molar-refractivity contribution in [3.8, 4) is 5.88 Å². The standard InChI is InChI=1S/C21H25ClN4O2/c22-17-7-3-4-15(10-17)14-28-20-12-23-11-19(25-20)24-18-8-9-26(13-18)21(27)16-5-1-2-6-16/h3-4,7,10-12,16,18H,1-2,5-6,8-9,13-14H2,(H,24,25). The first-order valence-electron chi connectivity index (χ1n) is 9.92. The molecule has 1 unspecified atom stereocenters. The molecule has 2 fully saturated rings. The van der Waals surface area contributed by atoms with E-state index in [1.165, 1.54) is 12.8 Å². The molecular weight excluding hydrogens is 376 g/mol. The van der Waals surface area contributed by atoms with Crippen molar-refractivity contribution >= 4 is 23.3 Å². The fraction of sp³-hybridized carbons (Fsp3) is 0.476. The summed E-state index contributed by atoms with van der Waals surface area (Å²) in [6, 6.07) is 7.74. The number of hydrogen-bond acceptors (Lipinski definition) is 5. The molecule has 1 saturated heterocycles. The smallest absolute Gasteiger partial charge is 0.234 e. The average Bonchev–Trinajstić information content (AvgIpc) is 3.39. The number of halogens is 1. The van der Waals surface area contributed by atoms with Crippen molar-refractivity contribution in [2.24, 2.45) is 5.92 Å². The quantitative estimate of drug-likeness (QED) is 0.796. The first-order valence-corrected chi connectivity index (χ1v) is 10.3. The second-order valence-electron chi connectivity index (χ2n) is 7.56. The number of nitrogens with zero attached hydrogens (tertiary/aromatic N) is 3. The van der Waals surface area contributed by atoms with E-state index in [4.69, 9.17) is 16.3 Å². The molecular formula is C21H25ClN4O2. The highest BCUT2D eigenvalue weighted by molar-refractivity contribution is 6.30. The van der Waals surface area contributed by atoms with Gasteiger partial charge in [0.2, 0.25) is 11.8 Å². The van der Waals surface area contributed by atoms with Gasteiger partial charge in [-0.05, 0) is 37.0 Å². The Bertz CT molecular complexity index is 826. The molecule has 1 aliphatic carbocycles. The molecule has 28 heavy (non-hydrogen) atoms. The predicted molar refractivity (Wildman–Crippen MR) is 108 cm³/mol. The maximum absolute atomic E-state index is 12.6. The number of anilines is 1. The zero-order valence-electron chi connectivity index (χ0n) is 15.8. The average molecular weight is 401 g/mol. The van der Waals surface area contributed by atoms with Crippen LogP contribution in [0.25, 0.3) is 0 Å². The number of carbonyl (C=O) groups is 1. The Morgan fingerprint density at radius 3 is 2.93 bits per heavy atom. The van der Waals surface area contributed by atoms with Crippen LogP contribution in [0.4, 0.5) is 5.82 Å². The van der Waals surface area contributed by atoms with Gasteiger partial charge in [-0.1, -0.05) is 36.6 Å². The number of nitrogens with one attached hydrogen (secondary N) is 1. The van der Waals surface area contributed by atoms with E-state index in [0.717, 1.165) is 37.9 Å². The van der Waals surface area contributed by atoms with E-state index in [1.807, 2.05) is 29.2 Å². The van der Waals surface area contributed by atoms with Gasteiger partial charge < -0.3 is 15.0 Å². The van der Waals surface area contributed by atoms with Crippen molar-refractivity contribution in [3.05, 3.63) is 47.2 Å². The lowest BCUT2D eigenvalue weighted by Gasteiger charge is -2.20. The van der Waals surface area contributed by atoms with E-state index in [1.54, 1.807) is 12.4 Å². The van der Waals surface area contributed by atoms with Crippen LogP contribution >= 0.6 is 11.6 Å². The number of ether oxygens (including phenoxy) is 1. The Balaban J connectivity index is 1.30. The Morgan fingerprint density at radius 1 is 1.25 bits per heavy atom. The Morgan fingerprint density at radius 2 is 2.11 bits per heavy atom. The number of benzene rings is 1. The molecule has 2 aliphatic rings. The molecule has 0 radical (unpaired) electrons. The van der Waals surface area contributed by atoms with Gasteiger partial charge in [0.25, 0.3) is 0 Å². The first kappa shape index (κ1) is 19.0. The van der Waals surface area contributed by atoms with Gasteiger partial charge in [0.1, 0.15) is 12.4 Å². The third kappa shape index (κ3) is 4.73. The number of amides is 1. The van der Waals surface area contributed by atoms with Crippen LogP contribution in [0.3, 0.4) is 0 Å². The lowest BCUT2D eigenvalue weighted by molar-refractivity contribution is -0.134. The van der Waals surface area contributed by atoms with E-state index in [2.05, 4.69) is 15.3 Å². The van der Waals surface area contributed by atoms with Crippen LogP contribution in [0.15, 0.2) is 36.7 Å². The third-order valence-corrected chi connectivity index (χ3v) is 5.68. The first-order chi connectivity index (χ1) is 13.7. The lowest BCUT2D eigenvalue weighted by atomic mass is 10.1. The highest BCUT2D eigenvalue weighted by Gasteiger charge is 2.32. The molecule has 148 valence electrons. The molecule has 6 nitrogen and oxygen atoms in total. The highest BCUT2D eigenvalue weighted by Crippen LogP contribution is 2.28. The Kier molecular flexibility index (Phi) is 5.95. The number of carbonyl (C=O) groups excluding carboxylic acids is 1. The van der Waals surface area contributed by atoms with Crippen molar-refractivity contribution in [1.82, 2.24) is 14.9 Å². The van der Waals surface area contributed by atoms with E-state index in [-0.39, 0.29) is 12.0 Å². The summed E-state index contributed by atoms with van der Waals surface area (Å²) in [6.07, 6.45) is 8.67. The molecule has 0 spiro atoms. The van der Waals surface area contributed by atoms with Gasteiger partial charge >= 0.3 is 0 Å². The summed E-state index contributed by atoms with van der Waals surface area (Å²) in [5.74, 6) is 1.69. The molecule has 1 saturated carbocycles. The van der Waals surface area contributed by atoms with Gasteiger partial charge in [0, 0.05) is 30.1 Å². The van der Waals surface area contributed by atoms with Crippen LogP contribution in [0, 0.1) is 5.92 Å².